The predicted octanol–water partition coefficient (Wildman–Crippen LogP) is 3.09. The molecule has 0 unspecified atom stereocenters. The molecule has 2 rings (SSSR count). The van der Waals surface area contributed by atoms with E-state index in [0.29, 0.717) is 10.8 Å². The van der Waals surface area contributed by atoms with Crippen LogP contribution in [0.2, 0.25) is 10.0 Å². The van der Waals surface area contributed by atoms with Crippen LogP contribution in [0.5, 0.6) is 0 Å². The van der Waals surface area contributed by atoms with Gasteiger partial charge in [-0.3, -0.25) is 4.79 Å². The van der Waals surface area contributed by atoms with Gasteiger partial charge in [-0.05, 0) is 25.1 Å². The van der Waals surface area contributed by atoms with Gasteiger partial charge in [-0.1, -0.05) is 28.4 Å². The van der Waals surface area contributed by atoms with Crippen molar-refractivity contribution in [2.75, 3.05) is 11.9 Å². The number of esters is 1. The lowest BCUT2D eigenvalue weighted by Crippen LogP contribution is -2.21. The molecule has 0 bridgehead atoms. The van der Waals surface area contributed by atoms with Crippen molar-refractivity contribution < 1.29 is 18.8 Å². The van der Waals surface area contributed by atoms with Crippen molar-refractivity contribution in [1.29, 1.82) is 0 Å². The number of nitrogens with zero attached hydrogens (tertiary/aromatic N) is 1. The number of carbonyl (C=O) groups excluding carboxylic acids is 2. The average molecular weight is 329 g/mol. The minimum absolute atomic E-state index is 0.131. The van der Waals surface area contributed by atoms with Crippen molar-refractivity contribution >= 4 is 40.9 Å². The van der Waals surface area contributed by atoms with Gasteiger partial charge in [-0.15, -0.1) is 0 Å². The lowest BCUT2D eigenvalue weighted by atomic mass is 10.2. The second-order valence-electron chi connectivity index (χ2n) is 4.07. The number of benzene rings is 1. The van der Waals surface area contributed by atoms with E-state index < -0.39 is 18.5 Å². The highest BCUT2D eigenvalue weighted by Gasteiger charge is 2.14. The minimum atomic E-state index is -0.719. The number of hydrogen-bond acceptors (Lipinski definition) is 5. The second kappa shape index (κ2) is 6.60. The van der Waals surface area contributed by atoms with Crippen molar-refractivity contribution in [3.8, 4) is 0 Å². The lowest BCUT2D eigenvalue weighted by Gasteiger charge is -2.06. The Labute approximate surface area is 130 Å². The van der Waals surface area contributed by atoms with Crippen LogP contribution in [-0.2, 0) is 9.53 Å². The fourth-order valence-corrected chi connectivity index (χ4v) is 1.95. The molecule has 0 aliphatic carbocycles. The van der Waals surface area contributed by atoms with Gasteiger partial charge in [-0.2, -0.15) is 0 Å². The summed E-state index contributed by atoms with van der Waals surface area (Å²) in [7, 11) is 0. The van der Waals surface area contributed by atoms with Crippen molar-refractivity contribution in [3.63, 3.8) is 0 Å². The molecule has 6 nitrogen and oxygen atoms in total. The van der Waals surface area contributed by atoms with Gasteiger partial charge in [0.2, 0.25) is 0 Å². The summed E-state index contributed by atoms with van der Waals surface area (Å²) >= 11 is 11.6. The van der Waals surface area contributed by atoms with Gasteiger partial charge in [0.1, 0.15) is 5.76 Å². The maximum Gasteiger partial charge on any atom is 0.340 e. The first-order chi connectivity index (χ1) is 9.95. The van der Waals surface area contributed by atoms with Gasteiger partial charge in [0, 0.05) is 11.1 Å². The number of nitrogens with one attached hydrogen (secondary N) is 1. The molecule has 0 saturated heterocycles. The van der Waals surface area contributed by atoms with Crippen LogP contribution in [0, 0.1) is 6.92 Å². The summed E-state index contributed by atoms with van der Waals surface area (Å²) in [5.74, 6) is -0.460. The van der Waals surface area contributed by atoms with Crippen molar-refractivity contribution in [1.82, 2.24) is 5.16 Å². The van der Waals surface area contributed by atoms with E-state index >= 15 is 0 Å². The van der Waals surface area contributed by atoms with Crippen LogP contribution in [0.1, 0.15) is 16.1 Å². The number of anilines is 1. The van der Waals surface area contributed by atoms with E-state index in [1.54, 1.807) is 6.92 Å². The van der Waals surface area contributed by atoms with Gasteiger partial charge >= 0.3 is 5.97 Å². The Morgan fingerprint density at radius 1 is 1.33 bits per heavy atom. The Morgan fingerprint density at radius 3 is 2.71 bits per heavy atom. The van der Waals surface area contributed by atoms with Crippen LogP contribution >= 0.6 is 23.2 Å². The Morgan fingerprint density at radius 2 is 2.10 bits per heavy atom. The molecular formula is C13H10Cl2N2O4. The first-order valence-electron chi connectivity index (χ1n) is 5.81. The summed E-state index contributed by atoms with van der Waals surface area (Å²) in [4.78, 5) is 23.3. The topological polar surface area (TPSA) is 81.4 Å². The monoisotopic (exact) mass is 328 g/mol. The molecule has 0 saturated carbocycles. The number of halogens is 2. The molecule has 0 spiro atoms. The Kier molecular flexibility index (Phi) is 4.82. The second-order valence-corrected chi connectivity index (χ2v) is 4.91. The Hall–Kier alpha value is -2.05. The molecule has 0 aliphatic rings. The summed E-state index contributed by atoms with van der Waals surface area (Å²) in [6.45, 7) is 1.22. The molecule has 1 aromatic carbocycles. The summed E-state index contributed by atoms with van der Waals surface area (Å²) in [6, 6.07) is 5.88. The Bertz CT molecular complexity index is 685. The molecule has 0 aliphatic heterocycles. The van der Waals surface area contributed by atoms with Gasteiger partial charge in [-0.25, -0.2) is 4.79 Å². The minimum Gasteiger partial charge on any atom is -0.452 e. The third-order valence-electron chi connectivity index (χ3n) is 2.38. The molecule has 0 radical (unpaired) electrons. The lowest BCUT2D eigenvalue weighted by molar-refractivity contribution is -0.119. The third kappa shape index (κ3) is 4.21. The SMILES string of the molecule is Cc1cc(NC(=O)COC(=O)c2ccc(Cl)cc2Cl)no1. The van der Waals surface area contributed by atoms with Crippen LogP contribution in [0.25, 0.3) is 0 Å². The molecule has 8 heteroatoms. The molecule has 110 valence electrons. The quantitative estimate of drug-likeness (QED) is 0.872. The zero-order valence-electron chi connectivity index (χ0n) is 10.9. The number of rotatable bonds is 4. The molecule has 1 aromatic heterocycles. The van der Waals surface area contributed by atoms with E-state index in [-0.39, 0.29) is 16.4 Å². The van der Waals surface area contributed by atoms with Crippen molar-refractivity contribution in [2.24, 2.45) is 0 Å². The van der Waals surface area contributed by atoms with Crippen LogP contribution in [-0.4, -0.2) is 23.6 Å². The average Bonchev–Trinajstić information content (AvgIpc) is 2.81. The van der Waals surface area contributed by atoms with Crippen LogP contribution < -0.4 is 5.32 Å². The van der Waals surface area contributed by atoms with Crippen LogP contribution in [0.15, 0.2) is 28.8 Å². The molecule has 1 heterocycles. The van der Waals surface area contributed by atoms with E-state index in [0.717, 1.165) is 0 Å². The van der Waals surface area contributed by atoms with Crippen molar-refractivity contribution in [3.05, 3.63) is 45.6 Å². The number of carbonyl (C=O) groups is 2. The zero-order chi connectivity index (χ0) is 15.4. The zero-order valence-corrected chi connectivity index (χ0v) is 12.4. The van der Waals surface area contributed by atoms with Crippen LogP contribution in [0.3, 0.4) is 0 Å². The number of ether oxygens (including phenoxy) is 1. The molecule has 1 amide bonds. The molecule has 0 fully saturated rings. The fourth-order valence-electron chi connectivity index (χ4n) is 1.47. The van der Waals surface area contributed by atoms with Crippen molar-refractivity contribution in [2.45, 2.75) is 6.92 Å². The number of hydrogen-bond donors (Lipinski definition) is 1. The van der Waals surface area contributed by atoms with E-state index in [2.05, 4.69) is 10.5 Å². The van der Waals surface area contributed by atoms with Gasteiger partial charge < -0.3 is 14.6 Å². The molecule has 1 N–H and O–H groups in total. The van der Waals surface area contributed by atoms with E-state index in [1.165, 1.54) is 24.3 Å². The van der Waals surface area contributed by atoms with E-state index in [4.69, 9.17) is 32.5 Å². The largest absolute Gasteiger partial charge is 0.452 e. The molecule has 2 aromatic rings. The highest BCUT2D eigenvalue weighted by atomic mass is 35.5. The smallest absolute Gasteiger partial charge is 0.340 e. The Balaban J connectivity index is 1.90. The van der Waals surface area contributed by atoms with Gasteiger partial charge in [0.25, 0.3) is 5.91 Å². The molecule has 21 heavy (non-hydrogen) atoms. The first-order valence-corrected chi connectivity index (χ1v) is 6.56. The number of aryl methyl sites for hydroxylation is 1. The third-order valence-corrected chi connectivity index (χ3v) is 2.93. The fraction of sp³-hybridized carbons (Fsp3) is 0.154. The highest BCUT2D eigenvalue weighted by Crippen LogP contribution is 2.21. The highest BCUT2D eigenvalue weighted by molar-refractivity contribution is 6.36. The summed E-state index contributed by atoms with van der Waals surface area (Å²) in [5, 5.41) is 6.55. The summed E-state index contributed by atoms with van der Waals surface area (Å²) < 4.78 is 9.64. The number of aromatic nitrogens is 1. The summed E-state index contributed by atoms with van der Waals surface area (Å²) in [5.41, 5.74) is 0.131. The standard InChI is InChI=1S/C13H10Cl2N2O4/c1-7-4-11(17-21-7)16-12(18)6-20-13(19)9-3-2-8(14)5-10(9)15/h2-5H,6H2,1H3,(H,16,17,18). The van der Waals surface area contributed by atoms with Gasteiger partial charge in [0.05, 0.1) is 10.6 Å². The molecule has 0 atom stereocenters. The maximum atomic E-state index is 11.8. The summed E-state index contributed by atoms with van der Waals surface area (Å²) in [6.07, 6.45) is 0. The first kappa shape index (κ1) is 15.3. The molecular weight excluding hydrogens is 319 g/mol. The van der Waals surface area contributed by atoms with Crippen LogP contribution in [0.4, 0.5) is 5.82 Å². The maximum absolute atomic E-state index is 11.8. The van der Waals surface area contributed by atoms with Gasteiger partial charge in [0.15, 0.2) is 12.4 Å². The predicted molar refractivity (Wildman–Crippen MR) is 76.6 cm³/mol. The van der Waals surface area contributed by atoms with E-state index in [1.807, 2.05) is 0 Å². The normalized spacial score (nSPS) is 10.2. The number of amides is 1. The van der Waals surface area contributed by atoms with E-state index in [9.17, 15) is 9.59 Å².